The zero-order valence-electron chi connectivity index (χ0n) is 8.16. The van der Waals surface area contributed by atoms with Gasteiger partial charge < -0.3 is 5.11 Å². The third-order valence-corrected chi connectivity index (χ3v) is 2.81. The van der Waals surface area contributed by atoms with Gasteiger partial charge in [0.15, 0.2) is 0 Å². The first-order valence-electron chi connectivity index (χ1n) is 4.50. The lowest BCUT2D eigenvalue weighted by molar-refractivity contribution is 0.0684. The molecule has 5 nitrogen and oxygen atoms in total. The van der Waals surface area contributed by atoms with E-state index in [1.807, 2.05) is 0 Å². The highest BCUT2D eigenvalue weighted by Crippen LogP contribution is 2.07. The lowest BCUT2D eigenvalue weighted by Crippen LogP contribution is -2.25. The van der Waals surface area contributed by atoms with Crippen LogP contribution >= 0.6 is 11.3 Å². The van der Waals surface area contributed by atoms with Gasteiger partial charge in [-0.15, -0.1) is 11.3 Å². The SMILES string of the molecule is O=C(O)c1cccc(=O)n1Cc1nccs1. The molecule has 0 aliphatic carbocycles. The summed E-state index contributed by atoms with van der Waals surface area (Å²) in [4.78, 5) is 26.5. The van der Waals surface area contributed by atoms with Gasteiger partial charge in [-0.2, -0.15) is 0 Å². The Balaban J connectivity index is 2.46. The molecule has 0 fully saturated rings. The smallest absolute Gasteiger partial charge is 0.352 e. The van der Waals surface area contributed by atoms with E-state index in [9.17, 15) is 9.59 Å². The monoisotopic (exact) mass is 236 g/mol. The number of carboxylic acids is 1. The standard InChI is InChI=1S/C10H8N2O3S/c13-9-3-1-2-7(10(14)15)12(9)6-8-11-4-5-16-8/h1-5H,6H2,(H,14,15). The summed E-state index contributed by atoms with van der Waals surface area (Å²) in [6, 6.07) is 4.17. The molecule has 0 amide bonds. The van der Waals surface area contributed by atoms with Crippen molar-refractivity contribution in [3.63, 3.8) is 0 Å². The Morgan fingerprint density at radius 2 is 2.31 bits per heavy atom. The molecule has 0 saturated carbocycles. The average Bonchev–Trinajstić information content (AvgIpc) is 2.73. The molecule has 6 heteroatoms. The summed E-state index contributed by atoms with van der Waals surface area (Å²) in [6.45, 7) is 0.193. The molecule has 16 heavy (non-hydrogen) atoms. The number of hydrogen-bond acceptors (Lipinski definition) is 4. The predicted molar refractivity (Wildman–Crippen MR) is 58.9 cm³/mol. The van der Waals surface area contributed by atoms with Gasteiger partial charge in [0.05, 0.1) is 6.54 Å². The minimum Gasteiger partial charge on any atom is -0.477 e. The van der Waals surface area contributed by atoms with E-state index in [-0.39, 0.29) is 17.8 Å². The number of carbonyl (C=O) groups is 1. The number of nitrogens with zero attached hydrogens (tertiary/aromatic N) is 2. The quantitative estimate of drug-likeness (QED) is 0.864. The lowest BCUT2D eigenvalue weighted by Gasteiger charge is -2.06. The highest BCUT2D eigenvalue weighted by Gasteiger charge is 2.11. The molecule has 2 rings (SSSR count). The van der Waals surface area contributed by atoms with E-state index in [2.05, 4.69) is 4.98 Å². The first-order chi connectivity index (χ1) is 7.68. The van der Waals surface area contributed by atoms with Crippen LogP contribution in [0.4, 0.5) is 0 Å². The molecule has 1 N–H and O–H groups in total. The summed E-state index contributed by atoms with van der Waals surface area (Å²) in [5, 5.41) is 11.4. The van der Waals surface area contributed by atoms with Gasteiger partial charge in [-0.1, -0.05) is 6.07 Å². The number of hydrogen-bond donors (Lipinski definition) is 1. The Hall–Kier alpha value is -1.95. The van der Waals surface area contributed by atoms with E-state index in [0.717, 1.165) is 0 Å². The molecule has 0 aliphatic heterocycles. The summed E-state index contributed by atoms with van der Waals surface area (Å²) in [5.41, 5.74) is -0.363. The number of aromatic carboxylic acids is 1. The molecule has 0 radical (unpaired) electrons. The molecular formula is C10H8N2O3S. The largest absolute Gasteiger partial charge is 0.477 e. The van der Waals surface area contributed by atoms with Crippen molar-refractivity contribution in [2.75, 3.05) is 0 Å². The van der Waals surface area contributed by atoms with Crippen molar-refractivity contribution in [3.05, 3.63) is 50.8 Å². The number of rotatable bonds is 3. The van der Waals surface area contributed by atoms with Crippen LogP contribution in [0.5, 0.6) is 0 Å². The van der Waals surface area contributed by atoms with Crippen LogP contribution in [0, 0.1) is 0 Å². The molecule has 0 atom stereocenters. The fourth-order valence-electron chi connectivity index (χ4n) is 1.34. The second-order valence-corrected chi connectivity index (χ2v) is 4.05. The van der Waals surface area contributed by atoms with Crippen LogP contribution in [-0.2, 0) is 6.54 Å². The summed E-state index contributed by atoms with van der Waals surface area (Å²) >= 11 is 1.38. The van der Waals surface area contributed by atoms with Crippen molar-refractivity contribution in [2.45, 2.75) is 6.54 Å². The van der Waals surface area contributed by atoms with Crippen molar-refractivity contribution in [2.24, 2.45) is 0 Å². The minimum absolute atomic E-state index is 0.0253. The molecule has 2 heterocycles. The van der Waals surface area contributed by atoms with Gasteiger partial charge in [-0.05, 0) is 6.07 Å². The minimum atomic E-state index is -1.12. The Morgan fingerprint density at radius 3 is 2.94 bits per heavy atom. The molecule has 2 aromatic rings. The fraction of sp³-hybridized carbons (Fsp3) is 0.100. The van der Waals surface area contributed by atoms with Crippen molar-refractivity contribution in [3.8, 4) is 0 Å². The van der Waals surface area contributed by atoms with Crippen LogP contribution in [0.2, 0.25) is 0 Å². The van der Waals surface area contributed by atoms with Gasteiger partial charge in [0, 0.05) is 17.6 Å². The van der Waals surface area contributed by atoms with Gasteiger partial charge in [0.2, 0.25) is 0 Å². The second kappa shape index (κ2) is 4.28. The molecular weight excluding hydrogens is 228 g/mol. The molecule has 82 valence electrons. The van der Waals surface area contributed by atoms with Gasteiger partial charge in [-0.25, -0.2) is 9.78 Å². The number of thiazole rings is 1. The maximum absolute atomic E-state index is 11.5. The predicted octanol–water partition coefficient (Wildman–Crippen LogP) is 1.05. The van der Waals surface area contributed by atoms with Crippen molar-refractivity contribution in [1.29, 1.82) is 0 Å². The van der Waals surface area contributed by atoms with Crippen LogP contribution < -0.4 is 5.56 Å². The van der Waals surface area contributed by atoms with Crippen molar-refractivity contribution < 1.29 is 9.90 Å². The molecule has 0 spiro atoms. The maximum Gasteiger partial charge on any atom is 0.352 e. The third kappa shape index (κ3) is 2.01. The normalized spacial score (nSPS) is 10.2. The first kappa shape index (κ1) is 10.6. The Kier molecular flexibility index (Phi) is 2.82. The summed E-state index contributed by atoms with van der Waals surface area (Å²) in [7, 11) is 0. The van der Waals surface area contributed by atoms with E-state index in [1.165, 1.54) is 34.1 Å². The highest BCUT2D eigenvalue weighted by atomic mass is 32.1. The van der Waals surface area contributed by atoms with E-state index >= 15 is 0 Å². The topological polar surface area (TPSA) is 72.2 Å². The van der Waals surface area contributed by atoms with Crippen LogP contribution in [0.3, 0.4) is 0 Å². The fourth-order valence-corrected chi connectivity index (χ4v) is 1.94. The van der Waals surface area contributed by atoms with Gasteiger partial charge in [0.1, 0.15) is 10.7 Å². The summed E-state index contributed by atoms with van der Waals surface area (Å²) < 4.78 is 1.20. The van der Waals surface area contributed by atoms with Crippen LogP contribution in [0.15, 0.2) is 34.6 Å². The van der Waals surface area contributed by atoms with Gasteiger partial charge in [0.25, 0.3) is 5.56 Å². The second-order valence-electron chi connectivity index (χ2n) is 3.07. The average molecular weight is 236 g/mol. The van der Waals surface area contributed by atoms with E-state index in [1.54, 1.807) is 11.6 Å². The molecule has 0 saturated heterocycles. The molecule has 0 unspecified atom stereocenters. The summed E-state index contributed by atoms with van der Waals surface area (Å²) in [5.74, 6) is -1.12. The zero-order valence-corrected chi connectivity index (χ0v) is 8.98. The molecule has 0 aromatic carbocycles. The first-order valence-corrected chi connectivity index (χ1v) is 5.38. The third-order valence-electron chi connectivity index (χ3n) is 2.05. The highest BCUT2D eigenvalue weighted by molar-refractivity contribution is 7.09. The Morgan fingerprint density at radius 1 is 1.50 bits per heavy atom. The van der Waals surface area contributed by atoms with Crippen molar-refractivity contribution >= 4 is 17.3 Å². The Labute approximate surface area is 94.6 Å². The Bertz CT molecular complexity index is 560. The van der Waals surface area contributed by atoms with Gasteiger partial charge >= 0.3 is 5.97 Å². The van der Waals surface area contributed by atoms with Crippen LogP contribution in [-0.4, -0.2) is 20.6 Å². The molecule has 2 aromatic heterocycles. The van der Waals surface area contributed by atoms with Crippen LogP contribution in [0.25, 0.3) is 0 Å². The number of carboxylic acid groups (broad SMARTS) is 1. The summed E-state index contributed by atoms with van der Waals surface area (Å²) in [6.07, 6.45) is 1.62. The van der Waals surface area contributed by atoms with Crippen molar-refractivity contribution in [1.82, 2.24) is 9.55 Å². The van der Waals surface area contributed by atoms with E-state index < -0.39 is 5.97 Å². The number of pyridine rings is 1. The van der Waals surface area contributed by atoms with E-state index in [0.29, 0.717) is 5.01 Å². The molecule has 0 bridgehead atoms. The molecule has 0 aliphatic rings. The van der Waals surface area contributed by atoms with Crippen LogP contribution in [0.1, 0.15) is 15.5 Å². The maximum atomic E-state index is 11.5. The lowest BCUT2D eigenvalue weighted by atomic mass is 10.3. The zero-order chi connectivity index (χ0) is 11.5. The van der Waals surface area contributed by atoms with Gasteiger partial charge in [-0.3, -0.25) is 9.36 Å². The van der Waals surface area contributed by atoms with E-state index in [4.69, 9.17) is 5.11 Å². The number of aromatic nitrogens is 2.